The fraction of sp³-hybridized carbons (Fsp3) is 0.160. The van der Waals surface area contributed by atoms with Gasteiger partial charge >= 0.3 is 0 Å². The maximum absolute atomic E-state index is 14.3. The number of hydrogen-bond donors (Lipinski definition) is 1. The number of para-hydroxylation sites is 1. The van der Waals surface area contributed by atoms with Crippen LogP contribution in [0, 0.1) is 18.6 Å². The van der Waals surface area contributed by atoms with E-state index in [1.54, 1.807) is 30.1 Å². The number of amides is 1. The first-order valence-corrected chi connectivity index (χ1v) is 10.4. The molecule has 168 valence electrons. The fourth-order valence-corrected chi connectivity index (χ4v) is 3.37. The van der Waals surface area contributed by atoms with E-state index in [1.165, 1.54) is 6.07 Å². The number of aryl methyl sites for hydroxylation is 1. The molecule has 33 heavy (non-hydrogen) atoms. The second-order valence-electron chi connectivity index (χ2n) is 7.43. The molecule has 0 spiro atoms. The molecule has 8 heteroatoms. The average molecular weight is 448 g/mol. The first-order valence-electron chi connectivity index (χ1n) is 10.4. The maximum Gasteiger partial charge on any atom is 0.226 e. The number of carbonyl (C=O) groups excluding carboxylic acids is 1. The molecule has 2 aromatic heterocycles. The van der Waals surface area contributed by atoms with Gasteiger partial charge in [-0.3, -0.25) is 9.78 Å². The molecule has 2 heterocycles. The van der Waals surface area contributed by atoms with E-state index in [-0.39, 0.29) is 24.0 Å². The van der Waals surface area contributed by atoms with Crippen LogP contribution in [0.5, 0.6) is 11.6 Å². The lowest BCUT2D eigenvalue weighted by Gasteiger charge is -2.12. The van der Waals surface area contributed by atoms with Crippen LogP contribution in [0.15, 0.2) is 73.1 Å². The van der Waals surface area contributed by atoms with Crippen molar-refractivity contribution in [3.8, 4) is 17.3 Å². The fourth-order valence-electron chi connectivity index (χ4n) is 3.37. The molecule has 0 radical (unpaired) electrons. The van der Waals surface area contributed by atoms with Crippen molar-refractivity contribution in [2.45, 2.75) is 26.3 Å². The number of pyridine rings is 1. The lowest BCUT2D eigenvalue weighted by atomic mass is 10.1. The minimum atomic E-state index is -0.825. The van der Waals surface area contributed by atoms with Crippen LogP contribution in [0.25, 0.3) is 5.69 Å². The summed E-state index contributed by atoms with van der Waals surface area (Å²) < 4.78 is 35.1. The Bertz CT molecular complexity index is 1240. The van der Waals surface area contributed by atoms with Gasteiger partial charge in [0.15, 0.2) is 11.6 Å². The molecule has 6 nitrogen and oxygen atoms in total. The number of carbonyl (C=O) groups is 1. The van der Waals surface area contributed by atoms with Crippen molar-refractivity contribution in [3.63, 3.8) is 0 Å². The van der Waals surface area contributed by atoms with E-state index in [2.05, 4.69) is 15.4 Å². The monoisotopic (exact) mass is 448 g/mol. The van der Waals surface area contributed by atoms with Crippen LogP contribution in [0.2, 0.25) is 0 Å². The van der Waals surface area contributed by atoms with E-state index in [1.807, 2.05) is 36.4 Å². The van der Waals surface area contributed by atoms with E-state index >= 15 is 0 Å². The zero-order chi connectivity index (χ0) is 23.2. The highest BCUT2D eigenvalue weighted by Crippen LogP contribution is 2.32. The Morgan fingerprint density at radius 3 is 2.64 bits per heavy atom. The summed E-state index contributed by atoms with van der Waals surface area (Å²) in [6.07, 6.45) is 3.88. The maximum atomic E-state index is 14.3. The molecule has 0 bridgehead atoms. The summed E-state index contributed by atoms with van der Waals surface area (Å²) in [6, 6.07) is 16.0. The summed E-state index contributed by atoms with van der Waals surface area (Å²) in [5.74, 6) is -1.52. The highest BCUT2D eigenvalue weighted by Gasteiger charge is 2.21. The molecule has 0 saturated heterocycles. The Kier molecular flexibility index (Phi) is 6.73. The van der Waals surface area contributed by atoms with Crippen LogP contribution < -0.4 is 10.1 Å². The van der Waals surface area contributed by atoms with Gasteiger partial charge in [-0.1, -0.05) is 24.3 Å². The van der Waals surface area contributed by atoms with Crippen molar-refractivity contribution < 1.29 is 18.3 Å². The first kappa shape index (κ1) is 22.1. The molecule has 0 aliphatic rings. The number of ether oxygens (including phenoxy) is 1. The van der Waals surface area contributed by atoms with E-state index in [4.69, 9.17) is 4.74 Å². The second kappa shape index (κ2) is 10.0. The van der Waals surface area contributed by atoms with Gasteiger partial charge in [0.1, 0.15) is 5.82 Å². The third kappa shape index (κ3) is 5.41. The summed E-state index contributed by atoms with van der Waals surface area (Å²) in [6.45, 7) is 2.18. The lowest BCUT2D eigenvalue weighted by Crippen LogP contribution is -2.23. The summed E-state index contributed by atoms with van der Waals surface area (Å²) in [7, 11) is 0. The van der Waals surface area contributed by atoms with Gasteiger partial charge < -0.3 is 10.1 Å². The number of nitrogens with zero attached hydrogens (tertiary/aromatic N) is 3. The predicted octanol–water partition coefficient (Wildman–Crippen LogP) is 4.90. The molecular weight excluding hydrogens is 426 g/mol. The van der Waals surface area contributed by atoms with Gasteiger partial charge in [0, 0.05) is 37.0 Å². The van der Waals surface area contributed by atoms with Crippen molar-refractivity contribution in [2.75, 3.05) is 0 Å². The smallest absolute Gasteiger partial charge is 0.226 e. The predicted molar refractivity (Wildman–Crippen MR) is 119 cm³/mol. The van der Waals surface area contributed by atoms with E-state index in [9.17, 15) is 13.6 Å². The van der Waals surface area contributed by atoms with Gasteiger partial charge in [0.05, 0.1) is 11.4 Å². The van der Waals surface area contributed by atoms with Gasteiger partial charge in [-0.15, -0.1) is 0 Å². The van der Waals surface area contributed by atoms with E-state index < -0.39 is 11.6 Å². The molecule has 1 amide bonds. The number of halogens is 2. The minimum Gasteiger partial charge on any atom is -0.436 e. The van der Waals surface area contributed by atoms with Gasteiger partial charge in [-0.2, -0.15) is 5.10 Å². The molecule has 0 atom stereocenters. The molecule has 0 aliphatic carbocycles. The normalized spacial score (nSPS) is 10.8. The largest absolute Gasteiger partial charge is 0.436 e. The number of benzene rings is 2. The number of aromatic nitrogens is 3. The minimum absolute atomic E-state index is 0.129. The first-order chi connectivity index (χ1) is 16.0. The highest BCUT2D eigenvalue weighted by atomic mass is 19.1. The summed E-state index contributed by atoms with van der Waals surface area (Å²) in [5.41, 5.74) is 2.93. The average Bonchev–Trinajstić information content (AvgIpc) is 3.14. The molecule has 0 aliphatic heterocycles. The molecule has 2 aromatic carbocycles. The van der Waals surface area contributed by atoms with E-state index in [0.717, 1.165) is 17.7 Å². The molecule has 1 N–H and O–H groups in total. The quantitative estimate of drug-likeness (QED) is 0.417. The summed E-state index contributed by atoms with van der Waals surface area (Å²) in [5, 5.41) is 7.41. The molecule has 4 rings (SSSR count). The van der Waals surface area contributed by atoms with Crippen LogP contribution in [0.3, 0.4) is 0 Å². The van der Waals surface area contributed by atoms with Crippen molar-refractivity contribution >= 4 is 5.91 Å². The number of hydrogen-bond acceptors (Lipinski definition) is 4. The summed E-state index contributed by atoms with van der Waals surface area (Å²) in [4.78, 5) is 16.5. The zero-order valence-electron chi connectivity index (χ0n) is 18.0. The van der Waals surface area contributed by atoms with Crippen molar-refractivity contribution in [3.05, 3.63) is 102 Å². The Morgan fingerprint density at radius 2 is 1.91 bits per heavy atom. The standard InChI is InChI=1S/C25H22F2N4O2/c1-17-21(10-12-24(32)29-16-18-6-5-13-28-15-18)25(31(30-17)20-7-3-2-4-8-20)33-23-11-9-19(26)14-22(23)27/h2-9,11,13-15H,10,12,16H2,1H3,(H,29,32). The van der Waals surface area contributed by atoms with Gasteiger partial charge in [-0.25, -0.2) is 13.5 Å². The van der Waals surface area contributed by atoms with Crippen LogP contribution in [0.1, 0.15) is 23.2 Å². The van der Waals surface area contributed by atoms with Gasteiger partial charge in [-0.05, 0) is 49.2 Å². The second-order valence-corrected chi connectivity index (χ2v) is 7.43. The Labute approximate surface area is 189 Å². The Morgan fingerprint density at radius 1 is 1.09 bits per heavy atom. The van der Waals surface area contributed by atoms with Crippen molar-refractivity contribution in [1.82, 2.24) is 20.1 Å². The number of rotatable bonds is 8. The van der Waals surface area contributed by atoms with Gasteiger partial charge in [0.25, 0.3) is 0 Å². The third-order valence-corrected chi connectivity index (χ3v) is 5.05. The SMILES string of the molecule is Cc1nn(-c2ccccc2)c(Oc2ccc(F)cc2F)c1CCC(=O)NCc1cccnc1. The molecule has 0 unspecified atom stereocenters. The number of nitrogens with one attached hydrogen (secondary N) is 1. The highest BCUT2D eigenvalue weighted by molar-refractivity contribution is 5.76. The van der Waals surface area contributed by atoms with E-state index in [0.29, 0.717) is 29.9 Å². The van der Waals surface area contributed by atoms with Crippen LogP contribution in [-0.4, -0.2) is 20.7 Å². The lowest BCUT2D eigenvalue weighted by molar-refractivity contribution is -0.121. The molecular formula is C25H22F2N4O2. The molecule has 0 fully saturated rings. The van der Waals surface area contributed by atoms with Gasteiger partial charge in [0.2, 0.25) is 11.8 Å². The topological polar surface area (TPSA) is 69.0 Å². The summed E-state index contributed by atoms with van der Waals surface area (Å²) >= 11 is 0. The van der Waals surface area contributed by atoms with Crippen molar-refractivity contribution in [2.24, 2.45) is 0 Å². The van der Waals surface area contributed by atoms with Crippen LogP contribution in [-0.2, 0) is 17.8 Å². The third-order valence-electron chi connectivity index (χ3n) is 5.05. The Balaban J connectivity index is 1.57. The molecule has 4 aromatic rings. The van der Waals surface area contributed by atoms with Crippen molar-refractivity contribution in [1.29, 1.82) is 0 Å². The Hall–Kier alpha value is -4.07. The van der Waals surface area contributed by atoms with Crippen LogP contribution in [0.4, 0.5) is 8.78 Å². The zero-order valence-corrected chi connectivity index (χ0v) is 18.0. The molecule has 0 saturated carbocycles. The van der Waals surface area contributed by atoms with Crippen LogP contribution >= 0.6 is 0 Å².